The first-order chi connectivity index (χ1) is 8.86. The third-order valence-corrected chi connectivity index (χ3v) is 3.67. The molecule has 2 rings (SSSR count). The molecule has 0 spiro atoms. The molecule has 4 heteroatoms. The highest BCUT2D eigenvalue weighted by molar-refractivity contribution is 7.10. The summed E-state index contributed by atoms with van der Waals surface area (Å²) >= 11 is 1.30. The lowest BCUT2D eigenvalue weighted by atomic mass is 9.87. The first kappa shape index (κ1) is 13.7. The molecule has 0 saturated carbocycles. The molecule has 0 fully saturated rings. The van der Waals surface area contributed by atoms with E-state index >= 15 is 0 Å². The second-order valence-corrected chi connectivity index (χ2v) is 6.42. The summed E-state index contributed by atoms with van der Waals surface area (Å²) in [5.41, 5.74) is 2.91. The molecule has 3 nitrogen and oxygen atoms in total. The van der Waals surface area contributed by atoms with Crippen molar-refractivity contribution in [1.82, 2.24) is 4.37 Å². The molecule has 0 aliphatic carbocycles. The van der Waals surface area contributed by atoms with E-state index < -0.39 is 0 Å². The summed E-state index contributed by atoms with van der Waals surface area (Å²) in [6, 6.07) is 9.61. The SMILES string of the molecule is Cc1cc(NC(=O)c2ccc(C(C)(C)C)cc2)sn1. The van der Waals surface area contributed by atoms with E-state index in [0.29, 0.717) is 5.56 Å². The number of amides is 1. The van der Waals surface area contributed by atoms with Crippen molar-refractivity contribution in [3.63, 3.8) is 0 Å². The van der Waals surface area contributed by atoms with Crippen molar-refractivity contribution in [3.8, 4) is 0 Å². The predicted molar refractivity (Wildman–Crippen MR) is 79.9 cm³/mol. The molecule has 100 valence electrons. The summed E-state index contributed by atoms with van der Waals surface area (Å²) in [5, 5.41) is 3.63. The summed E-state index contributed by atoms with van der Waals surface area (Å²) in [7, 11) is 0. The van der Waals surface area contributed by atoms with E-state index in [1.807, 2.05) is 37.3 Å². The van der Waals surface area contributed by atoms with Crippen LogP contribution in [0.2, 0.25) is 0 Å². The van der Waals surface area contributed by atoms with Crippen molar-refractivity contribution in [1.29, 1.82) is 0 Å². The van der Waals surface area contributed by atoms with Gasteiger partial charge in [-0.05, 0) is 47.6 Å². The molecule has 1 N–H and O–H groups in total. The first-order valence-corrected chi connectivity index (χ1v) is 6.99. The zero-order valence-electron chi connectivity index (χ0n) is 11.7. The quantitative estimate of drug-likeness (QED) is 0.899. The molecular formula is C15H18N2OS. The van der Waals surface area contributed by atoms with Gasteiger partial charge >= 0.3 is 0 Å². The number of nitrogens with zero attached hydrogens (tertiary/aromatic N) is 1. The van der Waals surface area contributed by atoms with Gasteiger partial charge in [-0.15, -0.1) is 0 Å². The molecule has 0 radical (unpaired) electrons. The van der Waals surface area contributed by atoms with E-state index in [2.05, 4.69) is 30.5 Å². The Morgan fingerprint density at radius 3 is 2.32 bits per heavy atom. The van der Waals surface area contributed by atoms with Gasteiger partial charge in [-0.3, -0.25) is 4.79 Å². The van der Waals surface area contributed by atoms with Gasteiger partial charge in [-0.25, -0.2) is 0 Å². The molecule has 2 aromatic rings. The van der Waals surface area contributed by atoms with Crippen LogP contribution in [0.25, 0.3) is 0 Å². The monoisotopic (exact) mass is 274 g/mol. The molecule has 19 heavy (non-hydrogen) atoms. The van der Waals surface area contributed by atoms with Gasteiger partial charge in [0.15, 0.2) is 0 Å². The second kappa shape index (κ2) is 5.13. The van der Waals surface area contributed by atoms with Crippen LogP contribution >= 0.6 is 11.5 Å². The van der Waals surface area contributed by atoms with Crippen LogP contribution in [-0.4, -0.2) is 10.3 Å². The fourth-order valence-corrected chi connectivity index (χ4v) is 2.38. The van der Waals surface area contributed by atoms with Gasteiger partial charge in [0.2, 0.25) is 0 Å². The smallest absolute Gasteiger partial charge is 0.256 e. The summed E-state index contributed by atoms with van der Waals surface area (Å²) in [5.74, 6) is -0.0934. The van der Waals surface area contributed by atoms with E-state index in [4.69, 9.17) is 0 Å². The number of benzene rings is 1. The van der Waals surface area contributed by atoms with Crippen LogP contribution in [0, 0.1) is 6.92 Å². The largest absolute Gasteiger partial charge is 0.312 e. The maximum atomic E-state index is 12.1. The summed E-state index contributed by atoms with van der Waals surface area (Å²) in [4.78, 5) is 12.1. The molecule has 1 aromatic carbocycles. The molecule has 1 aromatic heterocycles. The Kier molecular flexibility index (Phi) is 3.71. The lowest BCUT2D eigenvalue weighted by Gasteiger charge is -2.18. The average molecular weight is 274 g/mol. The standard InChI is InChI=1S/C15H18N2OS/c1-10-9-13(19-17-10)16-14(18)11-5-7-12(8-6-11)15(2,3)4/h5-9H,1-4H3,(H,16,18). The van der Waals surface area contributed by atoms with Gasteiger partial charge in [-0.2, -0.15) is 4.37 Å². The summed E-state index contributed by atoms with van der Waals surface area (Å²) in [6.07, 6.45) is 0. The van der Waals surface area contributed by atoms with Crippen LogP contribution in [0.1, 0.15) is 42.4 Å². The Bertz CT molecular complexity index is 579. The molecule has 0 atom stereocenters. The van der Waals surface area contributed by atoms with Crippen LogP contribution in [0.15, 0.2) is 30.3 Å². The topological polar surface area (TPSA) is 42.0 Å². The van der Waals surface area contributed by atoms with Crippen LogP contribution in [-0.2, 0) is 5.41 Å². The zero-order chi connectivity index (χ0) is 14.0. The van der Waals surface area contributed by atoms with Crippen LogP contribution in [0.5, 0.6) is 0 Å². The van der Waals surface area contributed by atoms with E-state index in [0.717, 1.165) is 10.7 Å². The van der Waals surface area contributed by atoms with Gasteiger partial charge in [0.05, 0.1) is 5.69 Å². The summed E-state index contributed by atoms with van der Waals surface area (Å²) < 4.78 is 4.14. The van der Waals surface area contributed by atoms with Gasteiger partial charge in [0.1, 0.15) is 5.00 Å². The molecule has 0 aliphatic rings. The Balaban J connectivity index is 2.12. The van der Waals surface area contributed by atoms with E-state index in [-0.39, 0.29) is 11.3 Å². The van der Waals surface area contributed by atoms with E-state index in [1.165, 1.54) is 17.1 Å². The minimum Gasteiger partial charge on any atom is -0.312 e. The molecule has 0 unspecified atom stereocenters. The second-order valence-electron chi connectivity index (χ2n) is 5.61. The van der Waals surface area contributed by atoms with Gasteiger partial charge in [-0.1, -0.05) is 32.9 Å². The van der Waals surface area contributed by atoms with Crippen LogP contribution in [0.3, 0.4) is 0 Å². The maximum Gasteiger partial charge on any atom is 0.256 e. The van der Waals surface area contributed by atoms with Crippen LogP contribution < -0.4 is 5.32 Å². The Hall–Kier alpha value is -1.68. The molecular weight excluding hydrogens is 256 g/mol. The van der Waals surface area contributed by atoms with Gasteiger partial charge < -0.3 is 5.32 Å². The van der Waals surface area contributed by atoms with Crippen molar-refractivity contribution in [2.75, 3.05) is 5.32 Å². The van der Waals surface area contributed by atoms with Crippen molar-refractivity contribution >= 4 is 22.4 Å². The molecule has 0 aliphatic heterocycles. The fraction of sp³-hybridized carbons (Fsp3) is 0.333. The minimum absolute atomic E-state index is 0.0934. The summed E-state index contributed by atoms with van der Waals surface area (Å²) in [6.45, 7) is 8.37. The van der Waals surface area contributed by atoms with Gasteiger partial charge in [0.25, 0.3) is 5.91 Å². The number of hydrogen-bond donors (Lipinski definition) is 1. The number of carbonyl (C=O) groups is 1. The first-order valence-electron chi connectivity index (χ1n) is 6.21. The number of nitrogens with one attached hydrogen (secondary N) is 1. The van der Waals surface area contributed by atoms with E-state index in [9.17, 15) is 4.79 Å². The van der Waals surface area contributed by atoms with Crippen molar-refractivity contribution < 1.29 is 4.79 Å². The highest BCUT2D eigenvalue weighted by Gasteiger charge is 2.14. The number of anilines is 1. The zero-order valence-corrected chi connectivity index (χ0v) is 12.5. The van der Waals surface area contributed by atoms with Crippen molar-refractivity contribution in [3.05, 3.63) is 47.2 Å². The Morgan fingerprint density at radius 1 is 1.21 bits per heavy atom. The third-order valence-electron chi connectivity index (χ3n) is 2.88. The lowest BCUT2D eigenvalue weighted by molar-refractivity contribution is 0.102. The fourth-order valence-electron chi connectivity index (χ4n) is 1.73. The predicted octanol–water partition coefficient (Wildman–Crippen LogP) is 4.00. The van der Waals surface area contributed by atoms with Crippen LogP contribution in [0.4, 0.5) is 5.00 Å². The Morgan fingerprint density at radius 2 is 1.84 bits per heavy atom. The third kappa shape index (κ3) is 3.41. The minimum atomic E-state index is -0.0934. The number of aryl methyl sites for hydroxylation is 1. The average Bonchev–Trinajstić information content (AvgIpc) is 2.74. The van der Waals surface area contributed by atoms with E-state index in [1.54, 1.807) is 0 Å². The normalized spacial score (nSPS) is 11.4. The maximum absolute atomic E-state index is 12.1. The van der Waals surface area contributed by atoms with Crippen molar-refractivity contribution in [2.45, 2.75) is 33.1 Å². The molecule has 0 saturated heterocycles. The highest BCUT2D eigenvalue weighted by Crippen LogP contribution is 2.23. The Labute approximate surface area is 117 Å². The number of aromatic nitrogens is 1. The molecule has 1 heterocycles. The number of carbonyl (C=O) groups excluding carboxylic acids is 1. The van der Waals surface area contributed by atoms with Crippen molar-refractivity contribution in [2.24, 2.45) is 0 Å². The van der Waals surface area contributed by atoms with Gasteiger partial charge in [0, 0.05) is 5.56 Å². The molecule has 1 amide bonds. The number of rotatable bonds is 2. The molecule has 0 bridgehead atoms. The highest BCUT2D eigenvalue weighted by atomic mass is 32.1. The number of hydrogen-bond acceptors (Lipinski definition) is 3. The lowest BCUT2D eigenvalue weighted by Crippen LogP contribution is -2.13.